The van der Waals surface area contributed by atoms with E-state index in [0.29, 0.717) is 13.2 Å². The first kappa shape index (κ1) is 21.4. The number of carbonyl (C=O) groups excluding carboxylic acids is 1. The van der Waals surface area contributed by atoms with Crippen LogP contribution in [0.1, 0.15) is 37.6 Å². The number of ether oxygens (including phenoxy) is 2. The summed E-state index contributed by atoms with van der Waals surface area (Å²) in [6.07, 6.45) is 1.05. The van der Waals surface area contributed by atoms with Gasteiger partial charge < -0.3 is 14.0 Å². The van der Waals surface area contributed by atoms with Crippen molar-refractivity contribution in [3.8, 4) is 5.75 Å². The number of nitrogens with one attached hydrogen (secondary N) is 1. The van der Waals surface area contributed by atoms with Crippen molar-refractivity contribution in [1.29, 1.82) is 0 Å². The highest BCUT2D eigenvalue weighted by Crippen LogP contribution is 2.26. The van der Waals surface area contributed by atoms with Crippen molar-refractivity contribution in [3.63, 3.8) is 0 Å². The number of hydrogen-bond acceptors (Lipinski definition) is 4. The van der Waals surface area contributed by atoms with E-state index in [0.717, 1.165) is 27.9 Å². The molecule has 30 heavy (non-hydrogen) atoms. The molecular weight excluding hydrogens is 378 g/mol. The van der Waals surface area contributed by atoms with Gasteiger partial charge in [0.1, 0.15) is 12.4 Å². The van der Waals surface area contributed by atoms with E-state index in [2.05, 4.69) is 58.8 Å². The zero-order valence-electron chi connectivity index (χ0n) is 18.2. The number of hydrazone groups is 1. The lowest BCUT2D eigenvalue weighted by molar-refractivity contribution is 0.171. The molecular formula is C24H29N3O3. The van der Waals surface area contributed by atoms with E-state index in [-0.39, 0.29) is 5.41 Å². The maximum Gasteiger partial charge on any atom is 0.427 e. The highest BCUT2D eigenvalue weighted by Gasteiger charge is 2.14. The Morgan fingerprint density at radius 1 is 1.13 bits per heavy atom. The third-order valence-corrected chi connectivity index (χ3v) is 5.12. The van der Waals surface area contributed by atoms with Gasteiger partial charge in [-0.15, -0.1) is 0 Å². The summed E-state index contributed by atoms with van der Waals surface area (Å²) in [6.45, 7) is 9.88. The second-order valence-corrected chi connectivity index (χ2v) is 8.15. The number of para-hydroxylation sites is 1. The minimum Gasteiger partial charge on any atom is -0.492 e. The number of fused-ring (bicyclic) bond motifs is 1. The maximum absolute atomic E-state index is 11.2. The van der Waals surface area contributed by atoms with Crippen molar-refractivity contribution < 1.29 is 14.3 Å². The van der Waals surface area contributed by atoms with Gasteiger partial charge in [0.15, 0.2) is 0 Å². The van der Waals surface area contributed by atoms with Crippen LogP contribution >= 0.6 is 0 Å². The fourth-order valence-electron chi connectivity index (χ4n) is 3.41. The number of benzene rings is 2. The zero-order valence-corrected chi connectivity index (χ0v) is 18.2. The third kappa shape index (κ3) is 4.82. The molecule has 158 valence electrons. The molecule has 1 N–H and O–H groups in total. The highest BCUT2D eigenvalue weighted by atomic mass is 16.5. The molecule has 1 amide bonds. The van der Waals surface area contributed by atoms with Crippen molar-refractivity contribution in [3.05, 3.63) is 65.4 Å². The first-order valence-electron chi connectivity index (χ1n) is 9.99. The summed E-state index contributed by atoms with van der Waals surface area (Å²) < 4.78 is 12.7. The van der Waals surface area contributed by atoms with E-state index in [1.807, 2.05) is 37.3 Å². The minimum absolute atomic E-state index is 0.125. The molecule has 0 bridgehead atoms. The Kier molecular flexibility index (Phi) is 6.45. The summed E-state index contributed by atoms with van der Waals surface area (Å²) >= 11 is 0. The normalized spacial score (nSPS) is 11.8. The SMILES string of the molecule is COC(=O)N/N=C/c1c(C)n(CCOc2ccc(C(C)(C)C)cc2)c2ccccc12. The molecule has 3 rings (SSSR count). The Bertz CT molecular complexity index is 1040. The topological polar surface area (TPSA) is 64.8 Å². The number of rotatable bonds is 6. The maximum atomic E-state index is 11.2. The highest BCUT2D eigenvalue weighted by molar-refractivity contribution is 6.01. The van der Waals surface area contributed by atoms with Crippen LogP contribution in [0.5, 0.6) is 5.75 Å². The van der Waals surface area contributed by atoms with Crippen LogP contribution in [0.2, 0.25) is 0 Å². The molecule has 0 fully saturated rings. The van der Waals surface area contributed by atoms with Crippen LogP contribution in [0.3, 0.4) is 0 Å². The quantitative estimate of drug-likeness (QED) is 0.461. The number of methoxy groups -OCH3 is 1. The van der Waals surface area contributed by atoms with Crippen molar-refractivity contribution in [2.75, 3.05) is 13.7 Å². The summed E-state index contributed by atoms with van der Waals surface area (Å²) in [5, 5.41) is 5.07. The van der Waals surface area contributed by atoms with Gasteiger partial charge in [-0.25, -0.2) is 10.2 Å². The molecule has 0 saturated carbocycles. The van der Waals surface area contributed by atoms with Crippen LogP contribution in [0.25, 0.3) is 10.9 Å². The lowest BCUT2D eigenvalue weighted by Gasteiger charge is -2.19. The molecule has 0 aliphatic heterocycles. The van der Waals surface area contributed by atoms with Gasteiger partial charge in [-0.05, 0) is 36.1 Å². The van der Waals surface area contributed by atoms with Gasteiger partial charge in [0.05, 0.1) is 19.9 Å². The number of amides is 1. The van der Waals surface area contributed by atoms with E-state index in [1.165, 1.54) is 12.7 Å². The fraction of sp³-hybridized carbons (Fsp3) is 0.333. The Morgan fingerprint density at radius 2 is 1.83 bits per heavy atom. The second-order valence-electron chi connectivity index (χ2n) is 8.15. The first-order valence-corrected chi connectivity index (χ1v) is 9.99. The minimum atomic E-state index is -0.599. The number of nitrogens with zero attached hydrogens (tertiary/aromatic N) is 2. The van der Waals surface area contributed by atoms with Gasteiger partial charge in [-0.1, -0.05) is 51.1 Å². The molecule has 0 radical (unpaired) electrons. The summed E-state index contributed by atoms with van der Waals surface area (Å²) in [7, 11) is 1.30. The molecule has 1 heterocycles. The van der Waals surface area contributed by atoms with Crippen molar-refractivity contribution >= 4 is 23.2 Å². The van der Waals surface area contributed by atoms with Crippen LogP contribution in [0.4, 0.5) is 4.79 Å². The second kappa shape index (κ2) is 9.03. The molecule has 6 heteroatoms. The predicted octanol–water partition coefficient (Wildman–Crippen LogP) is 5.02. The van der Waals surface area contributed by atoms with E-state index in [9.17, 15) is 4.79 Å². The summed E-state index contributed by atoms with van der Waals surface area (Å²) in [4.78, 5) is 11.2. The number of aromatic nitrogens is 1. The first-order chi connectivity index (χ1) is 14.3. The van der Waals surface area contributed by atoms with Gasteiger partial charge in [0.25, 0.3) is 0 Å². The van der Waals surface area contributed by atoms with E-state index >= 15 is 0 Å². The summed E-state index contributed by atoms with van der Waals surface area (Å²) in [5.74, 6) is 0.862. The largest absolute Gasteiger partial charge is 0.492 e. The van der Waals surface area contributed by atoms with Gasteiger partial charge in [-0.2, -0.15) is 5.10 Å². The average Bonchev–Trinajstić information content (AvgIpc) is 2.99. The number of hydrogen-bond donors (Lipinski definition) is 1. The standard InChI is InChI=1S/C24H29N3O3/c1-17-21(16-25-26-23(28)29-5)20-8-6-7-9-22(20)27(17)14-15-30-19-12-10-18(11-13-19)24(2,3)4/h6-13,16H,14-15H2,1-5H3,(H,26,28)/b25-16+. The van der Waals surface area contributed by atoms with Crippen LogP contribution < -0.4 is 10.2 Å². The Hall–Kier alpha value is -3.28. The van der Waals surface area contributed by atoms with Gasteiger partial charge in [-0.3, -0.25) is 0 Å². The van der Waals surface area contributed by atoms with Crippen molar-refractivity contribution in [2.24, 2.45) is 5.10 Å². The molecule has 0 atom stereocenters. The number of carbonyl (C=O) groups is 1. The van der Waals surface area contributed by atoms with Gasteiger partial charge >= 0.3 is 6.09 Å². The summed E-state index contributed by atoms with van der Waals surface area (Å²) in [6, 6.07) is 16.4. The molecule has 0 spiro atoms. The zero-order chi connectivity index (χ0) is 21.7. The van der Waals surface area contributed by atoms with Gasteiger partial charge in [0, 0.05) is 22.2 Å². The third-order valence-electron chi connectivity index (χ3n) is 5.12. The van der Waals surface area contributed by atoms with Crippen LogP contribution in [-0.4, -0.2) is 30.6 Å². The Labute approximate surface area is 177 Å². The summed E-state index contributed by atoms with van der Waals surface area (Å²) in [5.41, 5.74) is 6.85. The van der Waals surface area contributed by atoms with Crippen LogP contribution in [0.15, 0.2) is 53.6 Å². The Balaban J connectivity index is 1.74. The molecule has 3 aromatic rings. The fourth-order valence-corrected chi connectivity index (χ4v) is 3.41. The molecule has 0 saturated heterocycles. The lowest BCUT2D eigenvalue weighted by Crippen LogP contribution is -2.16. The molecule has 6 nitrogen and oxygen atoms in total. The van der Waals surface area contributed by atoms with Gasteiger partial charge in [0.2, 0.25) is 0 Å². The molecule has 0 aliphatic rings. The molecule has 0 aliphatic carbocycles. The molecule has 1 aromatic heterocycles. The van der Waals surface area contributed by atoms with Crippen molar-refractivity contribution in [1.82, 2.24) is 9.99 Å². The Morgan fingerprint density at radius 3 is 2.50 bits per heavy atom. The van der Waals surface area contributed by atoms with E-state index in [1.54, 1.807) is 6.21 Å². The van der Waals surface area contributed by atoms with Crippen molar-refractivity contribution in [2.45, 2.75) is 39.7 Å². The van der Waals surface area contributed by atoms with E-state index < -0.39 is 6.09 Å². The van der Waals surface area contributed by atoms with E-state index in [4.69, 9.17) is 4.74 Å². The monoisotopic (exact) mass is 407 g/mol. The predicted molar refractivity (Wildman–Crippen MR) is 120 cm³/mol. The molecule has 0 unspecified atom stereocenters. The molecule has 2 aromatic carbocycles. The lowest BCUT2D eigenvalue weighted by atomic mass is 9.87. The van der Waals surface area contributed by atoms with Crippen LogP contribution in [0, 0.1) is 6.92 Å². The smallest absolute Gasteiger partial charge is 0.427 e. The average molecular weight is 408 g/mol. The van der Waals surface area contributed by atoms with Crippen LogP contribution in [-0.2, 0) is 16.7 Å².